The molecule has 0 unspecified atom stereocenters. The number of ether oxygens (including phenoxy) is 1. The second-order valence-electron chi connectivity index (χ2n) is 5.90. The van der Waals surface area contributed by atoms with Crippen LogP contribution in [0.4, 0.5) is 0 Å². The van der Waals surface area contributed by atoms with Crippen molar-refractivity contribution >= 4 is 40.5 Å². The van der Waals surface area contributed by atoms with E-state index in [1.54, 1.807) is 12.1 Å². The van der Waals surface area contributed by atoms with Gasteiger partial charge in [-0.1, -0.05) is 60.7 Å². The lowest BCUT2D eigenvalue weighted by molar-refractivity contribution is -0.143. The molecule has 0 spiro atoms. The second kappa shape index (κ2) is 9.89. The van der Waals surface area contributed by atoms with Crippen molar-refractivity contribution in [3.8, 4) is 0 Å². The first-order valence-electron chi connectivity index (χ1n) is 8.61. The third-order valence-electron chi connectivity index (χ3n) is 3.89. The number of furan rings is 1. The summed E-state index contributed by atoms with van der Waals surface area (Å²) in [7, 11) is 0. The largest absolute Gasteiger partial charge is 0.452 e. The molecule has 0 aliphatic rings. The van der Waals surface area contributed by atoms with Crippen LogP contribution in [0.3, 0.4) is 0 Å². The van der Waals surface area contributed by atoms with Crippen molar-refractivity contribution in [3.05, 3.63) is 99.5 Å². The van der Waals surface area contributed by atoms with Gasteiger partial charge >= 0.3 is 5.97 Å². The van der Waals surface area contributed by atoms with Crippen LogP contribution in [0.1, 0.15) is 22.9 Å². The molecule has 5 nitrogen and oxygen atoms in total. The average Bonchev–Trinajstić information content (AvgIpc) is 3.15. The standard InChI is InChI=1S/C22H18INO4/c23-19-13-11-18(28-19)12-14-21(26)27-15-20(25)24-22(16-7-3-1-4-8-16)17-9-5-2-6-10-17/h1-14,22H,15H2,(H,24,25)/b14-12+. The highest BCUT2D eigenvalue weighted by molar-refractivity contribution is 14.1. The van der Waals surface area contributed by atoms with E-state index in [0.717, 1.165) is 14.9 Å². The monoisotopic (exact) mass is 487 g/mol. The zero-order valence-corrected chi connectivity index (χ0v) is 17.0. The number of benzene rings is 2. The molecule has 1 amide bonds. The Balaban J connectivity index is 1.59. The van der Waals surface area contributed by atoms with E-state index in [0.29, 0.717) is 5.76 Å². The fourth-order valence-electron chi connectivity index (χ4n) is 2.61. The second-order valence-corrected chi connectivity index (χ2v) is 6.97. The van der Waals surface area contributed by atoms with Crippen LogP contribution < -0.4 is 5.32 Å². The molecule has 0 saturated heterocycles. The zero-order chi connectivity index (χ0) is 19.8. The van der Waals surface area contributed by atoms with Gasteiger partial charge in [-0.15, -0.1) is 0 Å². The van der Waals surface area contributed by atoms with E-state index in [9.17, 15) is 9.59 Å². The van der Waals surface area contributed by atoms with Gasteiger partial charge in [-0.3, -0.25) is 4.79 Å². The fourth-order valence-corrected chi connectivity index (χ4v) is 3.04. The number of nitrogens with one attached hydrogen (secondary N) is 1. The number of halogens is 1. The minimum Gasteiger partial charge on any atom is -0.452 e. The molecule has 1 N–H and O–H groups in total. The Kier molecular flexibility index (Phi) is 7.02. The van der Waals surface area contributed by atoms with E-state index in [4.69, 9.17) is 9.15 Å². The molecule has 28 heavy (non-hydrogen) atoms. The number of rotatable bonds is 7. The number of hydrogen-bond acceptors (Lipinski definition) is 4. The lowest BCUT2D eigenvalue weighted by Crippen LogP contribution is -2.32. The lowest BCUT2D eigenvalue weighted by Gasteiger charge is -2.19. The summed E-state index contributed by atoms with van der Waals surface area (Å²) in [5, 5.41) is 2.92. The summed E-state index contributed by atoms with van der Waals surface area (Å²) in [5.74, 6) is -0.455. The molecule has 1 heterocycles. The predicted molar refractivity (Wildman–Crippen MR) is 114 cm³/mol. The molecule has 0 aliphatic carbocycles. The molecule has 0 atom stereocenters. The van der Waals surface area contributed by atoms with E-state index < -0.39 is 5.97 Å². The summed E-state index contributed by atoms with van der Waals surface area (Å²) in [4.78, 5) is 24.2. The van der Waals surface area contributed by atoms with E-state index >= 15 is 0 Å². The van der Waals surface area contributed by atoms with Crippen molar-refractivity contribution in [3.63, 3.8) is 0 Å². The molecule has 0 aliphatic heterocycles. The first-order valence-corrected chi connectivity index (χ1v) is 9.69. The molecule has 1 aromatic heterocycles. The smallest absolute Gasteiger partial charge is 0.331 e. The molecule has 3 aromatic rings. The fraction of sp³-hybridized carbons (Fsp3) is 0.0909. The molecule has 2 aromatic carbocycles. The first-order chi connectivity index (χ1) is 13.6. The Bertz CT molecular complexity index is 911. The van der Waals surface area contributed by atoms with Gasteiger partial charge in [0.1, 0.15) is 5.76 Å². The van der Waals surface area contributed by atoms with Crippen LogP contribution in [0, 0.1) is 3.77 Å². The topological polar surface area (TPSA) is 68.5 Å². The molecule has 142 valence electrons. The zero-order valence-electron chi connectivity index (χ0n) is 14.9. The van der Waals surface area contributed by atoms with Crippen molar-refractivity contribution in [1.29, 1.82) is 0 Å². The molecule has 0 radical (unpaired) electrons. The third kappa shape index (κ3) is 5.82. The summed E-state index contributed by atoms with van der Waals surface area (Å²) in [5.41, 5.74) is 1.89. The van der Waals surface area contributed by atoms with Gasteiger partial charge in [0.25, 0.3) is 5.91 Å². The van der Waals surface area contributed by atoms with E-state index in [1.165, 1.54) is 12.2 Å². The number of hydrogen-bond donors (Lipinski definition) is 1. The number of carbonyl (C=O) groups is 2. The third-order valence-corrected chi connectivity index (χ3v) is 4.47. The van der Waals surface area contributed by atoms with Crippen LogP contribution in [0.2, 0.25) is 0 Å². The summed E-state index contributed by atoms with van der Waals surface area (Å²) in [6.07, 6.45) is 2.73. The maximum Gasteiger partial charge on any atom is 0.331 e. The highest BCUT2D eigenvalue weighted by atomic mass is 127. The number of carbonyl (C=O) groups excluding carboxylic acids is 2. The van der Waals surface area contributed by atoms with Crippen molar-refractivity contribution < 1.29 is 18.7 Å². The molecule has 6 heteroatoms. The molecule has 0 saturated carbocycles. The predicted octanol–water partition coefficient (Wildman–Crippen LogP) is 4.35. The normalized spacial score (nSPS) is 10.9. The van der Waals surface area contributed by atoms with Crippen molar-refractivity contribution in [2.45, 2.75) is 6.04 Å². The average molecular weight is 487 g/mol. The van der Waals surface area contributed by atoms with E-state index in [-0.39, 0.29) is 18.6 Å². The molecular formula is C22H18INO4. The van der Waals surface area contributed by atoms with Crippen molar-refractivity contribution in [2.75, 3.05) is 6.61 Å². The Morgan fingerprint density at radius 3 is 2.11 bits per heavy atom. The van der Waals surface area contributed by atoms with Crippen LogP contribution in [-0.2, 0) is 14.3 Å². The SMILES string of the molecule is O=C(COC(=O)/C=C/c1ccc(I)o1)NC(c1ccccc1)c1ccccc1. The maximum atomic E-state index is 12.4. The van der Waals surface area contributed by atoms with E-state index in [1.807, 2.05) is 83.3 Å². The Morgan fingerprint density at radius 1 is 0.964 bits per heavy atom. The van der Waals surface area contributed by atoms with E-state index in [2.05, 4.69) is 5.32 Å². The lowest BCUT2D eigenvalue weighted by atomic mass is 9.99. The van der Waals surface area contributed by atoms with Crippen LogP contribution in [0.25, 0.3) is 6.08 Å². The quantitative estimate of drug-likeness (QED) is 0.306. The molecule has 0 bridgehead atoms. The first kappa shape index (κ1) is 19.9. The van der Waals surface area contributed by atoms with Crippen molar-refractivity contribution in [2.24, 2.45) is 0 Å². The number of esters is 1. The maximum absolute atomic E-state index is 12.4. The van der Waals surface area contributed by atoms with Crippen LogP contribution in [-0.4, -0.2) is 18.5 Å². The summed E-state index contributed by atoms with van der Waals surface area (Å²) in [6.45, 7) is -0.366. The summed E-state index contributed by atoms with van der Waals surface area (Å²) < 4.78 is 11.1. The van der Waals surface area contributed by atoms with Gasteiger partial charge in [0.2, 0.25) is 0 Å². The van der Waals surface area contributed by atoms with Crippen molar-refractivity contribution in [1.82, 2.24) is 5.32 Å². The Hall–Kier alpha value is -2.87. The highest BCUT2D eigenvalue weighted by Crippen LogP contribution is 2.21. The van der Waals surface area contributed by atoms with Gasteiger partial charge in [-0.05, 0) is 51.9 Å². The minimum absolute atomic E-state index is 0.325. The Morgan fingerprint density at radius 2 is 1.57 bits per heavy atom. The van der Waals surface area contributed by atoms with Crippen LogP contribution in [0.5, 0.6) is 0 Å². The number of amides is 1. The van der Waals surface area contributed by atoms with Gasteiger partial charge < -0.3 is 14.5 Å². The minimum atomic E-state index is -0.613. The van der Waals surface area contributed by atoms with Gasteiger partial charge in [0.05, 0.1) is 6.04 Å². The summed E-state index contributed by atoms with van der Waals surface area (Å²) >= 11 is 2.03. The molecular weight excluding hydrogens is 469 g/mol. The van der Waals surface area contributed by atoms with Gasteiger partial charge in [-0.2, -0.15) is 0 Å². The Labute approximate surface area is 176 Å². The molecule has 3 rings (SSSR count). The molecule has 0 fully saturated rings. The van der Waals surface area contributed by atoms with Crippen LogP contribution in [0.15, 0.2) is 83.3 Å². The summed E-state index contributed by atoms with van der Waals surface area (Å²) in [6, 6.07) is 22.5. The van der Waals surface area contributed by atoms with Gasteiger partial charge in [0.15, 0.2) is 10.4 Å². The van der Waals surface area contributed by atoms with Crippen LogP contribution >= 0.6 is 22.6 Å². The highest BCUT2D eigenvalue weighted by Gasteiger charge is 2.17. The van der Waals surface area contributed by atoms with Gasteiger partial charge in [0, 0.05) is 6.08 Å². The van der Waals surface area contributed by atoms with Gasteiger partial charge in [-0.25, -0.2) is 4.79 Å².